The number of hydrogen-bond donors (Lipinski definition) is 1. The largest absolute Gasteiger partial charge is 0.487 e. The van der Waals surface area contributed by atoms with E-state index in [4.69, 9.17) is 16.3 Å². The molecule has 0 saturated heterocycles. The Balaban J connectivity index is 1.60. The minimum absolute atomic E-state index is 0.0123. The van der Waals surface area contributed by atoms with Gasteiger partial charge in [-0.3, -0.25) is 4.79 Å². The number of hydrogen-bond acceptors (Lipinski definition) is 3. The van der Waals surface area contributed by atoms with Crippen molar-refractivity contribution in [3.63, 3.8) is 0 Å². The second-order valence-electron chi connectivity index (χ2n) is 7.28. The van der Waals surface area contributed by atoms with Gasteiger partial charge in [-0.05, 0) is 51.1 Å². The second kappa shape index (κ2) is 7.93. The highest BCUT2D eigenvalue weighted by Crippen LogP contribution is 2.39. The summed E-state index contributed by atoms with van der Waals surface area (Å²) in [6, 6.07) is 13.8. The molecule has 0 fully saturated rings. The Morgan fingerprint density at radius 2 is 2.00 bits per heavy atom. The fourth-order valence-corrected chi connectivity index (χ4v) is 4.14. The van der Waals surface area contributed by atoms with Gasteiger partial charge in [0.15, 0.2) is 0 Å². The SMILES string of the molecule is Cc1ccc2c(c1)[C@H](NC(=O)CCSc1ccc(Cl)cc1)CC(C)(C)O2. The average Bonchev–Trinajstić information content (AvgIpc) is 2.57. The number of rotatable bonds is 5. The summed E-state index contributed by atoms with van der Waals surface area (Å²) >= 11 is 7.56. The first-order valence-corrected chi connectivity index (χ1v) is 10.2. The molecule has 2 aromatic carbocycles. The quantitative estimate of drug-likeness (QED) is 0.681. The van der Waals surface area contributed by atoms with Crippen LogP contribution in [0.5, 0.6) is 5.75 Å². The Kier molecular flexibility index (Phi) is 5.83. The van der Waals surface area contributed by atoms with E-state index >= 15 is 0 Å². The van der Waals surface area contributed by atoms with Gasteiger partial charge in [0.25, 0.3) is 0 Å². The Hall–Kier alpha value is -1.65. The zero-order chi connectivity index (χ0) is 18.7. The first-order valence-electron chi connectivity index (χ1n) is 8.80. The van der Waals surface area contributed by atoms with E-state index in [2.05, 4.69) is 32.2 Å². The van der Waals surface area contributed by atoms with Gasteiger partial charge in [-0.25, -0.2) is 0 Å². The van der Waals surface area contributed by atoms with Gasteiger partial charge < -0.3 is 10.1 Å². The minimum Gasteiger partial charge on any atom is -0.487 e. The Bertz CT molecular complexity index is 789. The molecule has 0 aromatic heterocycles. The molecule has 0 spiro atoms. The minimum atomic E-state index is -0.293. The molecule has 0 unspecified atom stereocenters. The zero-order valence-electron chi connectivity index (χ0n) is 15.3. The van der Waals surface area contributed by atoms with E-state index in [0.29, 0.717) is 6.42 Å². The molecule has 138 valence electrons. The highest BCUT2D eigenvalue weighted by molar-refractivity contribution is 7.99. The van der Waals surface area contributed by atoms with Gasteiger partial charge in [-0.2, -0.15) is 0 Å². The maximum Gasteiger partial charge on any atom is 0.221 e. The van der Waals surface area contributed by atoms with Crippen LogP contribution in [0.2, 0.25) is 5.02 Å². The van der Waals surface area contributed by atoms with E-state index in [0.717, 1.165) is 33.4 Å². The van der Waals surface area contributed by atoms with Crippen molar-refractivity contribution in [1.29, 1.82) is 0 Å². The number of halogens is 1. The normalized spacial score (nSPS) is 17.9. The topological polar surface area (TPSA) is 38.3 Å². The predicted molar refractivity (Wildman–Crippen MR) is 108 cm³/mol. The van der Waals surface area contributed by atoms with Crippen molar-refractivity contribution >= 4 is 29.3 Å². The van der Waals surface area contributed by atoms with Crippen molar-refractivity contribution in [2.45, 2.75) is 50.2 Å². The van der Waals surface area contributed by atoms with Gasteiger partial charge in [0.05, 0.1) is 6.04 Å². The van der Waals surface area contributed by atoms with Crippen LogP contribution in [0.25, 0.3) is 0 Å². The molecule has 3 rings (SSSR count). The maximum absolute atomic E-state index is 12.5. The van der Waals surface area contributed by atoms with E-state index in [1.807, 2.05) is 36.4 Å². The van der Waals surface area contributed by atoms with Gasteiger partial charge in [0.1, 0.15) is 11.4 Å². The number of carbonyl (C=O) groups is 1. The molecule has 5 heteroatoms. The lowest BCUT2D eigenvalue weighted by Crippen LogP contribution is -2.41. The third-order valence-corrected chi connectivity index (χ3v) is 5.64. The van der Waals surface area contributed by atoms with Crippen LogP contribution in [0, 0.1) is 6.92 Å². The van der Waals surface area contributed by atoms with Crippen molar-refractivity contribution in [2.24, 2.45) is 0 Å². The molecular weight excluding hydrogens is 366 g/mol. The summed E-state index contributed by atoms with van der Waals surface area (Å²) < 4.78 is 6.07. The summed E-state index contributed by atoms with van der Waals surface area (Å²) in [7, 11) is 0. The van der Waals surface area contributed by atoms with Crippen molar-refractivity contribution in [3.05, 3.63) is 58.6 Å². The number of benzene rings is 2. The van der Waals surface area contributed by atoms with E-state index in [1.54, 1.807) is 11.8 Å². The lowest BCUT2D eigenvalue weighted by atomic mass is 9.89. The summed E-state index contributed by atoms with van der Waals surface area (Å²) in [6.07, 6.45) is 1.24. The van der Waals surface area contributed by atoms with Crippen LogP contribution >= 0.6 is 23.4 Å². The van der Waals surface area contributed by atoms with Crippen LogP contribution in [0.15, 0.2) is 47.4 Å². The molecule has 1 N–H and O–H groups in total. The number of ether oxygens (including phenoxy) is 1. The number of aryl methyl sites for hydroxylation is 1. The summed E-state index contributed by atoms with van der Waals surface area (Å²) in [6.45, 7) is 6.18. The van der Waals surface area contributed by atoms with E-state index < -0.39 is 0 Å². The molecule has 2 aromatic rings. The molecule has 0 bridgehead atoms. The fraction of sp³-hybridized carbons (Fsp3) is 0.381. The van der Waals surface area contributed by atoms with Crippen LogP contribution in [0.4, 0.5) is 0 Å². The van der Waals surface area contributed by atoms with Crippen molar-refractivity contribution < 1.29 is 9.53 Å². The molecule has 1 aliphatic heterocycles. The van der Waals surface area contributed by atoms with Gasteiger partial charge in [-0.15, -0.1) is 11.8 Å². The van der Waals surface area contributed by atoms with E-state index in [1.165, 1.54) is 5.56 Å². The molecule has 26 heavy (non-hydrogen) atoms. The number of thioether (sulfide) groups is 1. The number of nitrogens with one attached hydrogen (secondary N) is 1. The molecule has 1 heterocycles. The van der Waals surface area contributed by atoms with E-state index in [-0.39, 0.29) is 17.6 Å². The molecule has 1 atom stereocenters. The molecule has 3 nitrogen and oxygen atoms in total. The van der Waals surface area contributed by atoms with Crippen LogP contribution in [-0.4, -0.2) is 17.3 Å². The smallest absolute Gasteiger partial charge is 0.221 e. The standard InChI is InChI=1S/C21H24ClNO2S/c1-14-4-9-19-17(12-14)18(13-21(2,3)25-19)23-20(24)10-11-26-16-7-5-15(22)6-8-16/h4-9,12,18H,10-11,13H2,1-3H3,(H,23,24)/t18-/m1/s1. The molecule has 0 aliphatic carbocycles. The van der Waals surface area contributed by atoms with Crippen LogP contribution in [0.1, 0.15) is 43.9 Å². The van der Waals surface area contributed by atoms with Crippen LogP contribution < -0.4 is 10.1 Å². The lowest BCUT2D eigenvalue weighted by Gasteiger charge is -2.38. The van der Waals surface area contributed by atoms with Crippen LogP contribution in [-0.2, 0) is 4.79 Å². The molecule has 0 saturated carbocycles. The van der Waals surface area contributed by atoms with Crippen LogP contribution in [0.3, 0.4) is 0 Å². The van der Waals surface area contributed by atoms with Crippen molar-refractivity contribution in [2.75, 3.05) is 5.75 Å². The number of fused-ring (bicyclic) bond motifs is 1. The summed E-state index contributed by atoms with van der Waals surface area (Å²) in [4.78, 5) is 13.6. The van der Waals surface area contributed by atoms with Gasteiger partial charge in [0, 0.05) is 34.1 Å². The zero-order valence-corrected chi connectivity index (χ0v) is 16.9. The summed E-state index contributed by atoms with van der Waals surface area (Å²) in [5.74, 6) is 1.68. The van der Waals surface area contributed by atoms with Gasteiger partial charge >= 0.3 is 0 Å². The molecule has 0 radical (unpaired) electrons. The molecule has 1 aliphatic rings. The third-order valence-electron chi connectivity index (χ3n) is 4.37. The van der Waals surface area contributed by atoms with E-state index in [9.17, 15) is 4.79 Å². The monoisotopic (exact) mass is 389 g/mol. The predicted octanol–water partition coefficient (Wildman–Crippen LogP) is 5.55. The van der Waals surface area contributed by atoms with Gasteiger partial charge in [-0.1, -0.05) is 29.3 Å². The summed E-state index contributed by atoms with van der Waals surface area (Å²) in [5, 5.41) is 3.93. The van der Waals surface area contributed by atoms with Crippen molar-refractivity contribution in [1.82, 2.24) is 5.32 Å². The second-order valence-corrected chi connectivity index (χ2v) is 8.88. The van der Waals surface area contributed by atoms with Gasteiger partial charge in [0.2, 0.25) is 5.91 Å². The van der Waals surface area contributed by atoms with Crippen molar-refractivity contribution in [3.8, 4) is 5.75 Å². The first kappa shape index (κ1) is 19.1. The highest BCUT2D eigenvalue weighted by atomic mass is 35.5. The maximum atomic E-state index is 12.5. The Labute approximate surface area is 164 Å². The molecular formula is C21H24ClNO2S. The Morgan fingerprint density at radius 3 is 2.73 bits per heavy atom. The lowest BCUT2D eigenvalue weighted by molar-refractivity contribution is -0.121. The number of amides is 1. The number of carbonyl (C=O) groups excluding carboxylic acids is 1. The Morgan fingerprint density at radius 1 is 1.27 bits per heavy atom. The molecule has 1 amide bonds. The first-order chi connectivity index (χ1) is 12.3. The fourth-order valence-electron chi connectivity index (χ4n) is 3.16. The highest BCUT2D eigenvalue weighted by Gasteiger charge is 2.34. The average molecular weight is 390 g/mol. The summed E-state index contributed by atoms with van der Waals surface area (Å²) in [5.41, 5.74) is 1.95. The third kappa shape index (κ3) is 4.95.